The van der Waals surface area contributed by atoms with Gasteiger partial charge >= 0.3 is 0 Å². The summed E-state index contributed by atoms with van der Waals surface area (Å²) >= 11 is 0. The fourth-order valence-electron chi connectivity index (χ4n) is 2.94. The predicted octanol–water partition coefficient (Wildman–Crippen LogP) is 4.67. The first-order valence-corrected chi connectivity index (χ1v) is 9.44. The molecular formula is C24H23FN2O2. The molecule has 3 aromatic rings. The first-order chi connectivity index (χ1) is 13.9. The highest BCUT2D eigenvalue weighted by molar-refractivity contribution is 6.06. The lowest BCUT2D eigenvalue weighted by molar-refractivity contribution is 0.0954. The van der Waals surface area contributed by atoms with Gasteiger partial charge in [0.25, 0.3) is 11.8 Å². The van der Waals surface area contributed by atoms with Gasteiger partial charge in [-0.1, -0.05) is 30.3 Å². The topological polar surface area (TPSA) is 58.2 Å². The van der Waals surface area contributed by atoms with Crippen LogP contribution in [-0.4, -0.2) is 18.4 Å². The average molecular weight is 390 g/mol. The van der Waals surface area contributed by atoms with Crippen molar-refractivity contribution in [1.29, 1.82) is 0 Å². The lowest BCUT2D eigenvalue weighted by atomic mass is 10.1. The average Bonchev–Trinajstić information content (AvgIpc) is 2.72. The Morgan fingerprint density at radius 2 is 1.55 bits per heavy atom. The molecule has 0 aromatic heterocycles. The minimum absolute atomic E-state index is 0.256. The van der Waals surface area contributed by atoms with Gasteiger partial charge in [-0.25, -0.2) is 4.39 Å². The maximum Gasteiger partial charge on any atom is 0.255 e. The fourth-order valence-corrected chi connectivity index (χ4v) is 2.94. The summed E-state index contributed by atoms with van der Waals surface area (Å²) in [6.45, 7) is 4.31. The number of carbonyl (C=O) groups excluding carboxylic acids is 2. The Balaban J connectivity index is 1.62. The van der Waals surface area contributed by atoms with Gasteiger partial charge in [-0.3, -0.25) is 9.59 Å². The Bertz CT molecular complexity index is 1030. The summed E-state index contributed by atoms with van der Waals surface area (Å²) in [4.78, 5) is 25.0. The largest absolute Gasteiger partial charge is 0.352 e. The molecule has 0 spiro atoms. The van der Waals surface area contributed by atoms with Gasteiger partial charge in [0.05, 0.1) is 0 Å². The molecule has 2 N–H and O–H groups in total. The Labute approximate surface area is 169 Å². The highest BCUT2D eigenvalue weighted by atomic mass is 19.1. The SMILES string of the molecule is Cc1ccc(C)c(NC(=O)c2cccc(C(=O)NCCc3ccc(F)cc3)c2)c1. The van der Waals surface area contributed by atoms with Gasteiger partial charge in [-0.15, -0.1) is 0 Å². The molecule has 5 heteroatoms. The van der Waals surface area contributed by atoms with Crippen LogP contribution in [0.5, 0.6) is 0 Å². The number of hydrogen-bond acceptors (Lipinski definition) is 2. The predicted molar refractivity (Wildman–Crippen MR) is 113 cm³/mol. The molecule has 2 amide bonds. The molecule has 0 aliphatic heterocycles. The van der Waals surface area contributed by atoms with Gasteiger partial charge in [0.15, 0.2) is 0 Å². The van der Waals surface area contributed by atoms with Crippen molar-refractivity contribution < 1.29 is 14.0 Å². The lowest BCUT2D eigenvalue weighted by Crippen LogP contribution is -2.26. The van der Waals surface area contributed by atoms with E-state index in [9.17, 15) is 14.0 Å². The fraction of sp³-hybridized carbons (Fsp3) is 0.167. The summed E-state index contributed by atoms with van der Waals surface area (Å²) < 4.78 is 12.9. The van der Waals surface area contributed by atoms with Crippen molar-refractivity contribution in [1.82, 2.24) is 5.32 Å². The Hall–Kier alpha value is -3.47. The van der Waals surface area contributed by atoms with Crippen molar-refractivity contribution in [2.24, 2.45) is 0 Å². The quantitative estimate of drug-likeness (QED) is 0.643. The molecule has 0 radical (unpaired) electrons. The lowest BCUT2D eigenvalue weighted by Gasteiger charge is -2.10. The number of anilines is 1. The molecule has 29 heavy (non-hydrogen) atoms. The molecule has 0 atom stereocenters. The van der Waals surface area contributed by atoms with E-state index < -0.39 is 0 Å². The van der Waals surface area contributed by atoms with E-state index in [2.05, 4.69) is 10.6 Å². The van der Waals surface area contributed by atoms with E-state index >= 15 is 0 Å². The van der Waals surface area contributed by atoms with Gasteiger partial charge in [0, 0.05) is 23.4 Å². The molecule has 0 fully saturated rings. The third kappa shape index (κ3) is 5.51. The van der Waals surface area contributed by atoms with Gasteiger partial charge in [0.2, 0.25) is 0 Å². The third-order valence-electron chi connectivity index (χ3n) is 4.64. The van der Waals surface area contributed by atoms with Crippen molar-refractivity contribution in [3.05, 3.63) is 100 Å². The highest BCUT2D eigenvalue weighted by Crippen LogP contribution is 2.18. The van der Waals surface area contributed by atoms with E-state index in [-0.39, 0.29) is 17.6 Å². The number of carbonyl (C=O) groups is 2. The first kappa shape index (κ1) is 20.3. The third-order valence-corrected chi connectivity index (χ3v) is 4.64. The zero-order valence-corrected chi connectivity index (χ0v) is 16.5. The summed E-state index contributed by atoms with van der Waals surface area (Å²) in [6, 6.07) is 18.7. The summed E-state index contributed by atoms with van der Waals surface area (Å²) in [6.07, 6.45) is 0.596. The standard InChI is InChI=1S/C24H23FN2O2/c1-16-6-7-17(2)22(14-16)27-24(29)20-5-3-4-19(15-20)23(28)26-13-12-18-8-10-21(25)11-9-18/h3-11,14-15H,12-13H2,1-2H3,(H,26,28)(H,27,29). The normalized spacial score (nSPS) is 10.4. The van der Waals surface area contributed by atoms with Gasteiger partial charge < -0.3 is 10.6 Å². The van der Waals surface area contributed by atoms with Crippen LogP contribution in [0.15, 0.2) is 66.7 Å². The molecule has 4 nitrogen and oxygen atoms in total. The number of halogens is 1. The molecule has 148 valence electrons. The van der Waals surface area contributed by atoms with Gasteiger partial charge in [-0.05, 0) is 73.4 Å². The number of hydrogen-bond donors (Lipinski definition) is 2. The zero-order valence-electron chi connectivity index (χ0n) is 16.5. The molecule has 3 aromatic carbocycles. The minimum Gasteiger partial charge on any atom is -0.352 e. The second-order valence-electron chi connectivity index (χ2n) is 6.99. The van der Waals surface area contributed by atoms with Crippen LogP contribution in [-0.2, 0) is 6.42 Å². The molecule has 0 saturated carbocycles. The Morgan fingerprint density at radius 1 is 0.862 bits per heavy atom. The smallest absolute Gasteiger partial charge is 0.255 e. The van der Waals surface area contributed by atoms with Crippen molar-refractivity contribution in [3.63, 3.8) is 0 Å². The maximum atomic E-state index is 12.9. The van der Waals surface area contributed by atoms with E-state index in [1.807, 2.05) is 32.0 Å². The van der Waals surface area contributed by atoms with Crippen molar-refractivity contribution in [3.8, 4) is 0 Å². The molecule has 0 bridgehead atoms. The molecule has 3 rings (SSSR count). The molecular weight excluding hydrogens is 367 g/mol. The van der Waals surface area contributed by atoms with Crippen LogP contribution in [0.2, 0.25) is 0 Å². The highest BCUT2D eigenvalue weighted by Gasteiger charge is 2.12. The number of benzene rings is 3. The van der Waals surface area contributed by atoms with Crippen molar-refractivity contribution in [2.75, 3.05) is 11.9 Å². The second kappa shape index (κ2) is 9.15. The van der Waals surface area contributed by atoms with Gasteiger partial charge in [0.1, 0.15) is 5.82 Å². The molecule has 0 unspecified atom stereocenters. The number of amides is 2. The Kier molecular flexibility index (Phi) is 6.39. The summed E-state index contributed by atoms with van der Waals surface area (Å²) in [7, 11) is 0. The van der Waals surface area contributed by atoms with E-state index in [0.29, 0.717) is 24.1 Å². The molecule has 0 aliphatic carbocycles. The van der Waals surface area contributed by atoms with E-state index in [1.54, 1.807) is 36.4 Å². The Morgan fingerprint density at radius 3 is 2.28 bits per heavy atom. The monoisotopic (exact) mass is 390 g/mol. The number of aryl methyl sites for hydroxylation is 2. The molecule has 0 heterocycles. The van der Waals surface area contributed by atoms with Crippen LogP contribution in [0.3, 0.4) is 0 Å². The van der Waals surface area contributed by atoms with Crippen LogP contribution < -0.4 is 10.6 Å². The number of rotatable bonds is 6. The van der Waals surface area contributed by atoms with Crippen LogP contribution in [0.1, 0.15) is 37.4 Å². The van der Waals surface area contributed by atoms with Crippen LogP contribution >= 0.6 is 0 Å². The van der Waals surface area contributed by atoms with E-state index in [4.69, 9.17) is 0 Å². The minimum atomic E-state index is -0.284. The number of nitrogens with one attached hydrogen (secondary N) is 2. The molecule has 0 aliphatic rings. The van der Waals surface area contributed by atoms with E-state index in [1.165, 1.54) is 12.1 Å². The van der Waals surface area contributed by atoms with Crippen LogP contribution in [0.4, 0.5) is 10.1 Å². The first-order valence-electron chi connectivity index (χ1n) is 9.44. The van der Waals surface area contributed by atoms with Crippen molar-refractivity contribution >= 4 is 17.5 Å². The zero-order chi connectivity index (χ0) is 20.8. The van der Waals surface area contributed by atoms with Gasteiger partial charge in [-0.2, -0.15) is 0 Å². The summed E-state index contributed by atoms with van der Waals surface area (Å²) in [5.74, 6) is -0.804. The summed E-state index contributed by atoms with van der Waals surface area (Å²) in [5.41, 5.74) is 4.55. The van der Waals surface area contributed by atoms with Crippen LogP contribution in [0, 0.1) is 19.7 Å². The van der Waals surface area contributed by atoms with Crippen LogP contribution in [0.25, 0.3) is 0 Å². The summed E-state index contributed by atoms with van der Waals surface area (Å²) in [5, 5.41) is 5.73. The van der Waals surface area contributed by atoms with E-state index in [0.717, 1.165) is 22.4 Å². The van der Waals surface area contributed by atoms with Crippen molar-refractivity contribution in [2.45, 2.75) is 20.3 Å². The second-order valence-corrected chi connectivity index (χ2v) is 6.99. The molecule has 0 saturated heterocycles. The maximum absolute atomic E-state index is 12.9.